The minimum absolute atomic E-state index is 0.0856. The Morgan fingerprint density at radius 1 is 1.21 bits per heavy atom. The van der Waals surface area contributed by atoms with Crippen LogP contribution < -0.4 is 4.74 Å². The normalized spacial score (nSPS) is 17.1. The first-order valence-electron chi connectivity index (χ1n) is 8.71. The lowest BCUT2D eigenvalue weighted by molar-refractivity contribution is -0.122. The molecular formula is C21H19N3O3S. The number of rotatable bonds is 5. The predicted molar refractivity (Wildman–Crippen MR) is 110 cm³/mol. The SMILES string of the molecule is COc1ccc(N=C2S/C(=C/c3ccn(C)c3)C(=O)N2Cc2ccco2)cc1. The molecular weight excluding hydrogens is 374 g/mol. The smallest absolute Gasteiger partial charge is 0.267 e. The maximum atomic E-state index is 13.0. The van der Waals surface area contributed by atoms with E-state index in [0.29, 0.717) is 22.4 Å². The van der Waals surface area contributed by atoms with Crippen LogP contribution in [0.5, 0.6) is 5.75 Å². The molecule has 0 unspecified atom stereocenters. The standard InChI is InChI=1S/C21H19N3O3S/c1-23-10-9-15(13-23)12-19-20(25)24(14-18-4-3-11-27-18)21(28-19)22-16-5-7-17(26-2)8-6-16/h3-13H,14H2,1-2H3/b19-12+,22-21?. The van der Waals surface area contributed by atoms with Gasteiger partial charge in [0.15, 0.2) is 5.17 Å². The minimum atomic E-state index is -0.0856. The fraction of sp³-hybridized carbons (Fsp3) is 0.143. The number of carbonyl (C=O) groups excluding carboxylic acids is 1. The number of nitrogens with zero attached hydrogens (tertiary/aromatic N) is 3. The van der Waals surface area contributed by atoms with Gasteiger partial charge in [0.25, 0.3) is 5.91 Å². The summed E-state index contributed by atoms with van der Waals surface area (Å²) in [6.45, 7) is 0.333. The molecule has 0 spiro atoms. The molecule has 1 saturated heterocycles. The number of aryl methyl sites for hydroxylation is 1. The summed E-state index contributed by atoms with van der Waals surface area (Å²) in [5, 5.41) is 0.619. The monoisotopic (exact) mass is 393 g/mol. The van der Waals surface area contributed by atoms with Crippen LogP contribution in [0.15, 0.2) is 75.4 Å². The number of hydrogen-bond donors (Lipinski definition) is 0. The average molecular weight is 393 g/mol. The molecule has 1 aromatic carbocycles. The van der Waals surface area contributed by atoms with Crippen LogP contribution in [0.2, 0.25) is 0 Å². The number of hydrogen-bond acceptors (Lipinski definition) is 5. The Balaban J connectivity index is 1.67. The maximum absolute atomic E-state index is 13.0. The van der Waals surface area contributed by atoms with Crippen LogP contribution in [0, 0.1) is 0 Å². The van der Waals surface area contributed by atoms with Crippen molar-refractivity contribution in [3.8, 4) is 5.75 Å². The van der Waals surface area contributed by atoms with Crippen LogP contribution >= 0.6 is 11.8 Å². The van der Waals surface area contributed by atoms with Gasteiger partial charge in [0.2, 0.25) is 0 Å². The van der Waals surface area contributed by atoms with Gasteiger partial charge in [-0.05, 0) is 65.9 Å². The molecule has 1 fully saturated rings. The average Bonchev–Trinajstić information content (AvgIpc) is 3.42. The largest absolute Gasteiger partial charge is 0.497 e. The lowest BCUT2D eigenvalue weighted by Gasteiger charge is -2.13. The van der Waals surface area contributed by atoms with Gasteiger partial charge in [-0.1, -0.05) is 0 Å². The Hall–Kier alpha value is -3.19. The highest BCUT2D eigenvalue weighted by Gasteiger charge is 2.34. The number of furan rings is 1. The number of benzene rings is 1. The van der Waals surface area contributed by atoms with Crippen molar-refractivity contribution < 1.29 is 13.9 Å². The van der Waals surface area contributed by atoms with Gasteiger partial charge in [0.1, 0.15) is 11.5 Å². The van der Waals surface area contributed by atoms with E-state index < -0.39 is 0 Å². The van der Waals surface area contributed by atoms with E-state index in [9.17, 15) is 4.79 Å². The van der Waals surface area contributed by atoms with Crippen molar-refractivity contribution in [3.63, 3.8) is 0 Å². The molecule has 142 valence electrons. The molecule has 3 heterocycles. The van der Waals surface area contributed by atoms with Gasteiger partial charge in [-0.2, -0.15) is 0 Å². The summed E-state index contributed by atoms with van der Waals surface area (Å²) < 4.78 is 12.6. The van der Waals surface area contributed by atoms with Crippen LogP contribution in [-0.2, 0) is 18.4 Å². The van der Waals surface area contributed by atoms with Gasteiger partial charge in [0.05, 0.1) is 30.5 Å². The third-order valence-electron chi connectivity index (χ3n) is 4.23. The van der Waals surface area contributed by atoms with Crippen molar-refractivity contribution in [1.82, 2.24) is 9.47 Å². The molecule has 0 radical (unpaired) electrons. The Labute approximate surface area is 167 Å². The topological polar surface area (TPSA) is 60.0 Å². The highest BCUT2D eigenvalue weighted by atomic mass is 32.2. The number of carbonyl (C=O) groups is 1. The van der Waals surface area contributed by atoms with E-state index in [1.54, 1.807) is 18.3 Å². The number of aliphatic imine (C=N–C) groups is 1. The van der Waals surface area contributed by atoms with Gasteiger partial charge in [-0.3, -0.25) is 9.69 Å². The van der Waals surface area contributed by atoms with E-state index in [2.05, 4.69) is 4.99 Å². The van der Waals surface area contributed by atoms with Gasteiger partial charge >= 0.3 is 0 Å². The number of amides is 1. The molecule has 0 saturated carbocycles. The van der Waals surface area contributed by atoms with E-state index in [1.165, 1.54) is 11.8 Å². The maximum Gasteiger partial charge on any atom is 0.267 e. The highest BCUT2D eigenvalue weighted by Crippen LogP contribution is 2.35. The van der Waals surface area contributed by atoms with Crippen molar-refractivity contribution in [3.05, 3.63) is 77.4 Å². The van der Waals surface area contributed by atoms with Crippen LogP contribution in [0.3, 0.4) is 0 Å². The molecule has 4 rings (SSSR count). The highest BCUT2D eigenvalue weighted by molar-refractivity contribution is 8.18. The summed E-state index contributed by atoms with van der Waals surface area (Å²) >= 11 is 1.36. The second-order valence-electron chi connectivity index (χ2n) is 6.28. The minimum Gasteiger partial charge on any atom is -0.497 e. The molecule has 7 heteroatoms. The molecule has 1 amide bonds. The Morgan fingerprint density at radius 2 is 2.04 bits per heavy atom. The molecule has 0 atom stereocenters. The van der Waals surface area contributed by atoms with Crippen molar-refractivity contribution in [2.24, 2.45) is 12.0 Å². The first kappa shape index (κ1) is 18.2. The fourth-order valence-corrected chi connectivity index (χ4v) is 3.82. The van der Waals surface area contributed by atoms with Crippen molar-refractivity contribution in [2.45, 2.75) is 6.54 Å². The number of amidine groups is 1. The van der Waals surface area contributed by atoms with Crippen LogP contribution in [-0.4, -0.2) is 27.7 Å². The molecule has 28 heavy (non-hydrogen) atoms. The van der Waals surface area contributed by atoms with Gasteiger partial charge in [0, 0.05) is 19.4 Å². The summed E-state index contributed by atoms with van der Waals surface area (Å²) in [5.74, 6) is 1.38. The lowest BCUT2D eigenvalue weighted by atomic mass is 10.3. The van der Waals surface area contributed by atoms with E-state index in [4.69, 9.17) is 9.15 Å². The van der Waals surface area contributed by atoms with Crippen LogP contribution in [0.4, 0.5) is 5.69 Å². The molecule has 6 nitrogen and oxygen atoms in total. The number of thioether (sulfide) groups is 1. The zero-order valence-corrected chi connectivity index (χ0v) is 16.3. The third kappa shape index (κ3) is 3.89. The zero-order chi connectivity index (χ0) is 19.5. The summed E-state index contributed by atoms with van der Waals surface area (Å²) in [7, 11) is 3.57. The molecule has 3 aromatic rings. The van der Waals surface area contributed by atoms with E-state index in [0.717, 1.165) is 17.0 Å². The summed E-state index contributed by atoms with van der Waals surface area (Å²) in [5.41, 5.74) is 1.73. The Bertz CT molecular complexity index is 1030. The molecule has 2 aromatic heterocycles. The first-order chi connectivity index (χ1) is 13.6. The molecule has 0 aliphatic carbocycles. The van der Waals surface area contributed by atoms with E-state index in [1.807, 2.05) is 72.5 Å². The number of methoxy groups -OCH3 is 1. The van der Waals surface area contributed by atoms with Crippen molar-refractivity contribution >= 4 is 34.6 Å². The number of aromatic nitrogens is 1. The third-order valence-corrected chi connectivity index (χ3v) is 5.24. The summed E-state index contributed by atoms with van der Waals surface area (Å²) in [4.78, 5) is 20.0. The Kier molecular flexibility index (Phi) is 5.08. The zero-order valence-electron chi connectivity index (χ0n) is 15.5. The second-order valence-corrected chi connectivity index (χ2v) is 7.29. The van der Waals surface area contributed by atoms with Gasteiger partial charge in [-0.25, -0.2) is 4.99 Å². The van der Waals surface area contributed by atoms with E-state index in [-0.39, 0.29) is 5.91 Å². The quantitative estimate of drug-likeness (QED) is 0.602. The first-order valence-corrected chi connectivity index (χ1v) is 9.52. The van der Waals surface area contributed by atoms with Gasteiger partial charge in [-0.15, -0.1) is 0 Å². The molecule has 1 aliphatic heterocycles. The predicted octanol–water partition coefficient (Wildman–Crippen LogP) is 4.43. The number of ether oxygens (including phenoxy) is 1. The van der Waals surface area contributed by atoms with Crippen molar-refractivity contribution in [2.75, 3.05) is 7.11 Å². The van der Waals surface area contributed by atoms with Crippen LogP contribution in [0.1, 0.15) is 11.3 Å². The van der Waals surface area contributed by atoms with Crippen molar-refractivity contribution in [1.29, 1.82) is 0 Å². The van der Waals surface area contributed by atoms with E-state index >= 15 is 0 Å². The molecule has 0 N–H and O–H groups in total. The summed E-state index contributed by atoms with van der Waals surface area (Å²) in [6.07, 6.45) is 7.41. The lowest BCUT2D eigenvalue weighted by Crippen LogP contribution is -2.28. The molecule has 0 bridgehead atoms. The second kappa shape index (κ2) is 7.82. The molecule has 1 aliphatic rings. The Morgan fingerprint density at radius 3 is 2.68 bits per heavy atom. The fourth-order valence-electron chi connectivity index (χ4n) is 2.82. The van der Waals surface area contributed by atoms with Crippen LogP contribution in [0.25, 0.3) is 6.08 Å². The summed E-state index contributed by atoms with van der Waals surface area (Å²) in [6, 6.07) is 13.0. The van der Waals surface area contributed by atoms with Gasteiger partial charge < -0.3 is 13.7 Å².